The topological polar surface area (TPSA) is 99.1 Å². The van der Waals surface area contributed by atoms with Crippen LogP contribution in [0.1, 0.15) is 6.42 Å². The Balaban J connectivity index is 2.08. The first kappa shape index (κ1) is 12.2. The second-order valence-electron chi connectivity index (χ2n) is 3.98. The van der Waals surface area contributed by atoms with Crippen LogP contribution in [0.15, 0.2) is 0 Å². The van der Waals surface area contributed by atoms with E-state index in [1.165, 1.54) is 0 Å². The SMILES string of the molecule is O=C1CCN([C@@H]2O[C@H](CO)[C@H](O)C2F)C(=O)N1. The number of rotatable bonds is 2. The van der Waals surface area contributed by atoms with Crippen molar-refractivity contribution in [1.29, 1.82) is 0 Å². The van der Waals surface area contributed by atoms with E-state index < -0.39 is 43.2 Å². The number of halogens is 1. The van der Waals surface area contributed by atoms with E-state index in [0.717, 1.165) is 4.90 Å². The van der Waals surface area contributed by atoms with Crippen molar-refractivity contribution in [3.05, 3.63) is 0 Å². The molecule has 0 aromatic heterocycles. The molecular weight excluding hydrogens is 235 g/mol. The summed E-state index contributed by atoms with van der Waals surface area (Å²) in [6.45, 7) is -0.507. The highest BCUT2D eigenvalue weighted by Crippen LogP contribution is 2.27. The van der Waals surface area contributed by atoms with Gasteiger partial charge in [0.2, 0.25) is 5.91 Å². The molecule has 2 aliphatic rings. The van der Waals surface area contributed by atoms with E-state index in [9.17, 15) is 19.1 Å². The fourth-order valence-corrected chi connectivity index (χ4v) is 1.92. The van der Waals surface area contributed by atoms with Crippen LogP contribution in [0.25, 0.3) is 0 Å². The molecule has 2 fully saturated rings. The zero-order valence-corrected chi connectivity index (χ0v) is 8.88. The maximum absolute atomic E-state index is 13.7. The zero-order chi connectivity index (χ0) is 12.6. The van der Waals surface area contributed by atoms with E-state index in [0.29, 0.717) is 0 Å². The number of carbonyl (C=O) groups is 2. The van der Waals surface area contributed by atoms with Gasteiger partial charge in [-0.15, -0.1) is 0 Å². The largest absolute Gasteiger partial charge is 0.394 e. The van der Waals surface area contributed by atoms with Crippen LogP contribution < -0.4 is 5.32 Å². The molecule has 0 saturated carbocycles. The Morgan fingerprint density at radius 3 is 2.76 bits per heavy atom. The van der Waals surface area contributed by atoms with Gasteiger partial charge in [0.15, 0.2) is 12.4 Å². The third-order valence-corrected chi connectivity index (χ3v) is 2.87. The number of carbonyl (C=O) groups excluding carboxylic acids is 2. The lowest BCUT2D eigenvalue weighted by atomic mass is 10.1. The fraction of sp³-hybridized carbons (Fsp3) is 0.778. The van der Waals surface area contributed by atoms with E-state index in [1.54, 1.807) is 0 Å². The minimum absolute atomic E-state index is 0.0284. The fourth-order valence-electron chi connectivity index (χ4n) is 1.92. The standard InChI is InChI=1S/C9H13FN2O5/c10-6-7(15)4(3-13)17-8(6)12-2-1-5(14)11-9(12)16/h4,6-8,13,15H,1-3H2,(H,11,14,16)/t4-,6?,7+,8-/m1/s1. The number of urea groups is 1. The Morgan fingerprint density at radius 2 is 2.24 bits per heavy atom. The van der Waals surface area contributed by atoms with Crippen molar-refractivity contribution in [2.45, 2.75) is 31.0 Å². The van der Waals surface area contributed by atoms with Gasteiger partial charge in [-0.1, -0.05) is 0 Å². The third-order valence-electron chi connectivity index (χ3n) is 2.87. The van der Waals surface area contributed by atoms with Gasteiger partial charge in [0.1, 0.15) is 12.2 Å². The molecule has 3 amide bonds. The van der Waals surface area contributed by atoms with Crippen LogP contribution in [0, 0.1) is 0 Å². The van der Waals surface area contributed by atoms with Gasteiger partial charge in [-0.25, -0.2) is 9.18 Å². The molecule has 0 aliphatic carbocycles. The number of ether oxygens (including phenoxy) is 1. The monoisotopic (exact) mass is 248 g/mol. The summed E-state index contributed by atoms with van der Waals surface area (Å²) in [6.07, 6.45) is -5.55. The van der Waals surface area contributed by atoms with Crippen molar-refractivity contribution in [2.75, 3.05) is 13.2 Å². The van der Waals surface area contributed by atoms with E-state index in [4.69, 9.17) is 9.84 Å². The Morgan fingerprint density at radius 1 is 1.53 bits per heavy atom. The smallest absolute Gasteiger partial charge is 0.326 e. The number of amides is 3. The number of aliphatic hydroxyl groups excluding tert-OH is 2. The molecular formula is C9H13FN2O5. The van der Waals surface area contributed by atoms with Gasteiger partial charge < -0.3 is 14.9 Å². The van der Waals surface area contributed by atoms with Gasteiger partial charge in [0.25, 0.3) is 0 Å². The summed E-state index contributed by atoms with van der Waals surface area (Å²) in [5.41, 5.74) is 0. The van der Waals surface area contributed by atoms with Gasteiger partial charge in [0, 0.05) is 13.0 Å². The number of hydrogen-bond acceptors (Lipinski definition) is 5. The summed E-state index contributed by atoms with van der Waals surface area (Å²) in [7, 11) is 0. The molecule has 0 spiro atoms. The maximum atomic E-state index is 13.7. The van der Waals surface area contributed by atoms with Gasteiger partial charge in [-0.3, -0.25) is 15.0 Å². The van der Waals surface area contributed by atoms with Crippen LogP contribution in [0.5, 0.6) is 0 Å². The summed E-state index contributed by atoms with van der Waals surface area (Å²) >= 11 is 0. The Labute approximate surface area is 96.1 Å². The van der Waals surface area contributed by atoms with Crippen molar-refractivity contribution in [3.8, 4) is 0 Å². The first-order valence-electron chi connectivity index (χ1n) is 5.23. The molecule has 8 heteroatoms. The van der Waals surface area contributed by atoms with Crippen molar-refractivity contribution >= 4 is 11.9 Å². The van der Waals surface area contributed by atoms with Crippen LogP contribution in [-0.2, 0) is 9.53 Å². The second kappa shape index (κ2) is 4.55. The number of aliphatic hydroxyl groups is 2. The average molecular weight is 248 g/mol. The average Bonchev–Trinajstić information content (AvgIpc) is 2.57. The molecule has 1 unspecified atom stereocenters. The number of nitrogens with one attached hydrogen (secondary N) is 1. The quantitative estimate of drug-likeness (QED) is 0.543. The number of hydrogen-bond donors (Lipinski definition) is 3. The molecule has 4 atom stereocenters. The van der Waals surface area contributed by atoms with Crippen LogP contribution >= 0.6 is 0 Å². The van der Waals surface area contributed by atoms with E-state index >= 15 is 0 Å². The van der Waals surface area contributed by atoms with Crippen LogP contribution in [0.3, 0.4) is 0 Å². The van der Waals surface area contributed by atoms with Gasteiger partial charge >= 0.3 is 6.03 Å². The summed E-state index contributed by atoms with van der Waals surface area (Å²) in [6, 6.07) is -0.750. The Hall–Kier alpha value is -1.25. The first-order valence-corrected chi connectivity index (χ1v) is 5.23. The minimum atomic E-state index is -1.80. The van der Waals surface area contributed by atoms with E-state index in [2.05, 4.69) is 0 Å². The second-order valence-corrected chi connectivity index (χ2v) is 3.98. The summed E-state index contributed by atoms with van der Waals surface area (Å²) in [4.78, 5) is 23.4. The lowest BCUT2D eigenvalue weighted by Crippen LogP contribution is -2.55. The minimum Gasteiger partial charge on any atom is -0.394 e. The normalized spacial score (nSPS) is 38.4. The molecule has 0 aromatic carbocycles. The molecule has 7 nitrogen and oxygen atoms in total. The van der Waals surface area contributed by atoms with E-state index in [1.807, 2.05) is 5.32 Å². The predicted octanol–water partition coefficient (Wildman–Crippen LogP) is -1.66. The van der Waals surface area contributed by atoms with Gasteiger partial charge in [-0.05, 0) is 0 Å². The number of imide groups is 1. The molecule has 3 N–H and O–H groups in total. The maximum Gasteiger partial charge on any atom is 0.326 e. The zero-order valence-electron chi connectivity index (χ0n) is 8.88. The predicted molar refractivity (Wildman–Crippen MR) is 51.5 cm³/mol. The number of nitrogens with zero attached hydrogens (tertiary/aromatic N) is 1. The summed E-state index contributed by atoms with van der Waals surface area (Å²) in [5, 5.41) is 20.3. The van der Waals surface area contributed by atoms with Crippen molar-refractivity contribution in [1.82, 2.24) is 10.2 Å². The highest BCUT2D eigenvalue weighted by atomic mass is 19.1. The molecule has 0 aromatic rings. The lowest BCUT2D eigenvalue weighted by molar-refractivity contribution is -0.124. The summed E-state index contributed by atoms with van der Waals surface area (Å²) < 4.78 is 18.7. The molecule has 2 saturated heterocycles. The van der Waals surface area contributed by atoms with Gasteiger partial charge in [0.05, 0.1) is 6.61 Å². The lowest BCUT2D eigenvalue weighted by Gasteiger charge is -2.32. The molecule has 96 valence electrons. The molecule has 17 heavy (non-hydrogen) atoms. The van der Waals surface area contributed by atoms with Crippen molar-refractivity contribution in [2.24, 2.45) is 0 Å². The molecule has 0 bridgehead atoms. The van der Waals surface area contributed by atoms with Gasteiger partial charge in [-0.2, -0.15) is 0 Å². The van der Waals surface area contributed by atoms with Crippen LogP contribution in [-0.4, -0.2) is 64.8 Å². The number of alkyl halides is 1. The Bertz CT molecular complexity index is 339. The molecule has 2 aliphatic heterocycles. The van der Waals surface area contributed by atoms with Crippen molar-refractivity contribution in [3.63, 3.8) is 0 Å². The van der Waals surface area contributed by atoms with Crippen molar-refractivity contribution < 1.29 is 28.9 Å². The first-order chi connectivity index (χ1) is 8.04. The van der Waals surface area contributed by atoms with E-state index in [-0.39, 0.29) is 13.0 Å². The third kappa shape index (κ3) is 2.11. The highest BCUT2D eigenvalue weighted by molar-refractivity contribution is 5.96. The molecule has 2 heterocycles. The highest BCUT2D eigenvalue weighted by Gasteiger charge is 2.48. The molecule has 0 radical (unpaired) electrons. The van der Waals surface area contributed by atoms with Crippen LogP contribution in [0.4, 0.5) is 9.18 Å². The van der Waals surface area contributed by atoms with Crippen LogP contribution in [0.2, 0.25) is 0 Å². The summed E-state index contributed by atoms with van der Waals surface area (Å²) in [5.74, 6) is -0.432. The molecule has 2 rings (SSSR count). The Kier molecular flexibility index (Phi) is 3.27.